The predicted octanol–water partition coefficient (Wildman–Crippen LogP) is 3.22. The minimum Gasteiger partial charge on any atom is -0.447 e. The molecule has 0 unspecified atom stereocenters. The highest BCUT2D eigenvalue weighted by molar-refractivity contribution is 5.85. The van der Waals surface area contributed by atoms with E-state index in [0.717, 1.165) is 11.1 Å². The first-order chi connectivity index (χ1) is 9.04. The Kier molecular flexibility index (Phi) is 3.75. The Morgan fingerprint density at radius 3 is 2.79 bits per heavy atom. The number of nitrogens with one attached hydrogen (secondary N) is 2. The number of rotatable bonds is 3. The van der Waals surface area contributed by atoms with Crippen LogP contribution in [-0.2, 0) is 4.74 Å². The van der Waals surface area contributed by atoms with Crippen LogP contribution in [0.15, 0.2) is 36.5 Å². The molecule has 0 saturated carbocycles. The summed E-state index contributed by atoms with van der Waals surface area (Å²) in [7, 11) is 0. The van der Waals surface area contributed by atoms with Gasteiger partial charge in [0.05, 0.1) is 6.10 Å². The molecule has 0 atom stereocenters. The molecule has 19 heavy (non-hydrogen) atoms. The number of amides is 1. The summed E-state index contributed by atoms with van der Waals surface area (Å²) in [4.78, 5) is 14.4. The van der Waals surface area contributed by atoms with E-state index < -0.39 is 6.09 Å². The number of carbonyl (C=O) groups is 1. The molecule has 0 spiro atoms. The lowest BCUT2D eigenvalue weighted by atomic mass is 10.1. The van der Waals surface area contributed by atoms with Crippen LogP contribution in [0.5, 0.6) is 0 Å². The van der Waals surface area contributed by atoms with Crippen LogP contribution in [0.3, 0.4) is 0 Å². The fourth-order valence-corrected chi connectivity index (χ4v) is 1.70. The maximum Gasteiger partial charge on any atom is 0.413 e. The van der Waals surface area contributed by atoms with Crippen LogP contribution in [-0.4, -0.2) is 17.2 Å². The first kappa shape index (κ1) is 13.0. The van der Waals surface area contributed by atoms with Gasteiger partial charge in [-0.15, -0.1) is 0 Å². The molecule has 0 aliphatic rings. The lowest BCUT2D eigenvalue weighted by Gasteiger charge is -2.07. The minimum absolute atomic E-state index is 0.150. The number of aromatic amines is 1. The van der Waals surface area contributed by atoms with Gasteiger partial charge in [0.2, 0.25) is 0 Å². The number of H-pyrrole nitrogens is 1. The number of nitrogens with two attached hydrogens (primary N) is 1. The van der Waals surface area contributed by atoms with Crippen molar-refractivity contribution in [2.75, 3.05) is 11.1 Å². The first-order valence-electron chi connectivity index (χ1n) is 6.06. The van der Waals surface area contributed by atoms with Crippen molar-refractivity contribution >= 4 is 17.6 Å². The Morgan fingerprint density at radius 2 is 2.11 bits per heavy atom. The summed E-state index contributed by atoms with van der Waals surface area (Å²) in [6.07, 6.45) is 1.18. The molecule has 0 bridgehead atoms. The van der Waals surface area contributed by atoms with E-state index >= 15 is 0 Å². The summed E-state index contributed by atoms with van der Waals surface area (Å²) in [5.41, 5.74) is 8.38. The number of hydrogen-bond donors (Lipinski definition) is 3. The van der Waals surface area contributed by atoms with Gasteiger partial charge in [0, 0.05) is 17.4 Å². The number of benzene rings is 1. The van der Waals surface area contributed by atoms with Gasteiger partial charge >= 0.3 is 6.09 Å². The van der Waals surface area contributed by atoms with Crippen molar-refractivity contribution in [1.29, 1.82) is 0 Å². The Morgan fingerprint density at radius 1 is 1.32 bits per heavy atom. The van der Waals surface area contributed by atoms with Crippen molar-refractivity contribution in [2.24, 2.45) is 0 Å². The molecular weight excluding hydrogens is 242 g/mol. The van der Waals surface area contributed by atoms with E-state index in [1.165, 1.54) is 0 Å². The lowest BCUT2D eigenvalue weighted by molar-refractivity contribution is 0.130. The van der Waals surface area contributed by atoms with Gasteiger partial charge in [0.15, 0.2) is 0 Å². The van der Waals surface area contributed by atoms with Gasteiger partial charge in [-0.3, -0.25) is 5.32 Å². The topological polar surface area (TPSA) is 80.1 Å². The SMILES string of the molecule is CC(C)OC(=O)Nc1cc(-c2cccc(N)c2)c[nH]1. The third kappa shape index (κ3) is 3.51. The molecule has 0 aliphatic carbocycles. The molecule has 1 aromatic carbocycles. The summed E-state index contributed by atoms with van der Waals surface area (Å²) in [6, 6.07) is 9.37. The van der Waals surface area contributed by atoms with Gasteiger partial charge < -0.3 is 15.5 Å². The fraction of sp³-hybridized carbons (Fsp3) is 0.214. The van der Waals surface area contributed by atoms with Gasteiger partial charge in [-0.05, 0) is 37.6 Å². The average Bonchev–Trinajstić information content (AvgIpc) is 2.76. The highest BCUT2D eigenvalue weighted by Gasteiger charge is 2.08. The Balaban J connectivity index is 2.09. The summed E-state index contributed by atoms with van der Waals surface area (Å²) in [6.45, 7) is 3.60. The molecular formula is C14H17N3O2. The normalized spacial score (nSPS) is 10.5. The fourth-order valence-electron chi connectivity index (χ4n) is 1.70. The number of hydrogen-bond acceptors (Lipinski definition) is 3. The van der Waals surface area contributed by atoms with Crippen LogP contribution in [0.1, 0.15) is 13.8 Å². The standard InChI is InChI=1S/C14H17N3O2/c1-9(2)19-14(18)17-13-7-11(8-16-13)10-4-3-5-12(15)6-10/h3-9,16H,15H2,1-2H3,(H,17,18). The van der Waals surface area contributed by atoms with E-state index in [-0.39, 0.29) is 6.10 Å². The molecule has 0 aliphatic heterocycles. The number of carbonyl (C=O) groups excluding carboxylic acids is 1. The van der Waals surface area contributed by atoms with Crippen LogP contribution < -0.4 is 11.1 Å². The summed E-state index contributed by atoms with van der Waals surface area (Å²) < 4.78 is 5.00. The lowest BCUT2D eigenvalue weighted by Crippen LogP contribution is -2.18. The van der Waals surface area contributed by atoms with E-state index in [2.05, 4.69) is 10.3 Å². The Bertz CT molecular complexity index is 576. The number of anilines is 2. The minimum atomic E-state index is -0.476. The zero-order chi connectivity index (χ0) is 13.8. The van der Waals surface area contributed by atoms with Crippen molar-refractivity contribution in [3.05, 3.63) is 36.5 Å². The summed E-state index contributed by atoms with van der Waals surface area (Å²) in [5.74, 6) is 0.586. The van der Waals surface area contributed by atoms with Crippen molar-refractivity contribution in [3.8, 4) is 11.1 Å². The molecule has 0 saturated heterocycles. The highest BCUT2D eigenvalue weighted by Crippen LogP contribution is 2.24. The number of ether oxygens (including phenoxy) is 1. The zero-order valence-electron chi connectivity index (χ0n) is 10.9. The third-order valence-corrected chi connectivity index (χ3v) is 2.48. The summed E-state index contributed by atoms with van der Waals surface area (Å²) in [5, 5.41) is 2.63. The highest BCUT2D eigenvalue weighted by atomic mass is 16.6. The molecule has 0 fully saturated rings. The second-order valence-corrected chi connectivity index (χ2v) is 4.51. The first-order valence-corrected chi connectivity index (χ1v) is 6.06. The molecule has 2 rings (SSSR count). The van der Waals surface area contributed by atoms with Crippen LogP contribution in [0, 0.1) is 0 Å². The Labute approximate surface area is 111 Å². The smallest absolute Gasteiger partial charge is 0.413 e. The van der Waals surface area contributed by atoms with Gasteiger partial charge in [-0.2, -0.15) is 0 Å². The van der Waals surface area contributed by atoms with Crippen LogP contribution in [0.4, 0.5) is 16.3 Å². The molecule has 1 amide bonds. The number of aromatic nitrogens is 1. The maximum absolute atomic E-state index is 11.4. The average molecular weight is 259 g/mol. The van der Waals surface area contributed by atoms with Gasteiger partial charge in [-0.1, -0.05) is 12.1 Å². The summed E-state index contributed by atoms with van der Waals surface area (Å²) >= 11 is 0. The molecule has 5 heteroatoms. The van der Waals surface area contributed by atoms with E-state index in [1.54, 1.807) is 20.0 Å². The van der Waals surface area contributed by atoms with E-state index in [1.807, 2.05) is 30.3 Å². The predicted molar refractivity (Wildman–Crippen MR) is 75.9 cm³/mol. The molecule has 100 valence electrons. The largest absolute Gasteiger partial charge is 0.447 e. The third-order valence-electron chi connectivity index (χ3n) is 2.48. The van der Waals surface area contributed by atoms with Crippen molar-refractivity contribution in [3.63, 3.8) is 0 Å². The molecule has 0 radical (unpaired) electrons. The molecule has 1 heterocycles. The van der Waals surface area contributed by atoms with Crippen LogP contribution in [0.25, 0.3) is 11.1 Å². The van der Waals surface area contributed by atoms with Gasteiger partial charge in [0.1, 0.15) is 5.82 Å². The second kappa shape index (κ2) is 5.48. The quantitative estimate of drug-likeness (QED) is 0.740. The van der Waals surface area contributed by atoms with E-state index in [4.69, 9.17) is 10.5 Å². The maximum atomic E-state index is 11.4. The molecule has 2 aromatic rings. The van der Waals surface area contributed by atoms with Crippen molar-refractivity contribution in [2.45, 2.75) is 20.0 Å². The monoisotopic (exact) mass is 259 g/mol. The molecule has 1 aromatic heterocycles. The Hall–Kier alpha value is -2.43. The van der Waals surface area contributed by atoms with Crippen LogP contribution >= 0.6 is 0 Å². The zero-order valence-corrected chi connectivity index (χ0v) is 10.9. The van der Waals surface area contributed by atoms with E-state index in [0.29, 0.717) is 11.5 Å². The van der Waals surface area contributed by atoms with Gasteiger partial charge in [0.25, 0.3) is 0 Å². The van der Waals surface area contributed by atoms with Crippen molar-refractivity contribution < 1.29 is 9.53 Å². The molecule has 4 N–H and O–H groups in total. The second-order valence-electron chi connectivity index (χ2n) is 4.51. The van der Waals surface area contributed by atoms with E-state index in [9.17, 15) is 4.79 Å². The van der Waals surface area contributed by atoms with Crippen molar-refractivity contribution in [1.82, 2.24) is 4.98 Å². The number of nitrogen functional groups attached to an aromatic ring is 1. The van der Waals surface area contributed by atoms with Gasteiger partial charge in [-0.25, -0.2) is 4.79 Å². The van der Waals surface area contributed by atoms with Crippen LogP contribution in [0.2, 0.25) is 0 Å². The molecule has 5 nitrogen and oxygen atoms in total.